The smallest absolute Gasteiger partial charge is 0.0684 e. The van der Waals surface area contributed by atoms with Crippen molar-refractivity contribution in [2.24, 2.45) is 0 Å². The third-order valence-electron chi connectivity index (χ3n) is 2.46. The maximum atomic E-state index is 9.92. The van der Waals surface area contributed by atoms with Gasteiger partial charge in [0.05, 0.1) is 6.10 Å². The minimum absolute atomic E-state index is 0.0523. The Balaban J connectivity index is 2.57. The van der Waals surface area contributed by atoms with Gasteiger partial charge < -0.3 is 10.2 Å². The molecule has 2 nitrogen and oxygen atoms in total. The minimum atomic E-state index is -0.421. The van der Waals surface area contributed by atoms with Gasteiger partial charge in [0.1, 0.15) is 0 Å². The summed E-state index contributed by atoms with van der Waals surface area (Å²) in [6.07, 6.45) is 2.06. The Morgan fingerprint density at radius 3 is 2.44 bits per heavy atom. The zero-order valence-corrected chi connectivity index (χ0v) is 10.5. The fourth-order valence-corrected chi connectivity index (χ4v) is 2.92. The normalized spacial score (nSPS) is 14.7. The third-order valence-corrected chi connectivity index (χ3v) is 3.85. The Morgan fingerprint density at radius 1 is 1.19 bits per heavy atom. The van der Waals surface area contributed by atoms with Crippen LogP contribution in [0.25, 0.3) is 0 Å². The zero-order valence-electron chi connectivity index (χ0n) is 9.67. The lowest BCUT2D eigenvalue weighted by atomic mass is 10.1. The van der Waals surface area contributed by atoms with Crippen LogP contribution in [0.15, 0.2) is 35.2 Å². The number of rotatable bonds is 7. The first-order valence-corrected chi connectivity index (χ1v) is 6.66. The molecule has 1 rings (SSSR count). The molecular formula is C13H20O2S. The van der Waals surface area contributed by atoms with E-state index in [0.717, 1.165) is 12.8 Å². The Bertz CT molecular complexity index is 277. The van der Waals surface area contributed by atoms with Gasteiger partial charge in [-0.1, -0.05) is 31.5 Å². The van der Waals surface area contributed by atoms with Gasteiger partial charge in [0.25, 0.3) is 0 Å². The van der Waals surface area contributed by atoms with Crippen molar-refractivity contribution in [3.8, 4) is 0 Å². The molecule has 0 aliphatic rings. The largest absolute Gasteiger partial charge is 0.396 e. The molecule has 1 aromatic rings. The zero-order chi connectivity index (χ0) is 11.8. The van der Waals surface area contributed by atoms with E-state index >= 15 is 0 Å². The Morgan fingerprint density at radius 2 is 1.88 bits per heavy atom. The molecule has 0 amide bonds. The Hall–Kier alpha value is -0.510. The summed E-state index contributed by atoms with van der Waals surface area (Å²) in [5.74, 6) is 0. The molecule has 0 aromatic heterocycles. The Kier molecular flexibility index (Phi) is 6.53. The maximum absolute atomic E-state index is 9.92. The minimum Gasteiger partial charge on any atom is -0.396 e. The third kappa shape index (κ3) is 4.56. The SMILES string of the molecule is CCC[C@H](Sc1ccccc1)[C@H](O)CCO. The number of aliphatic hydroxyl groups is 2. The van der Waals surface area contributed by atoms with Gasteiger partial charge in [-0.25, -0.2) is 0 Å². The fourth-order valence-electron chi connectivity index (χ4n) is 1.61. The molecule has 0 radical (unpaired) electrons. The van der Waals surface area contributed by atoms with Crippen molar-refractivity contribution in [3.05, 3.63) is 30.3 Å². The summed E-state index contributed by atoms with van der Waals surface area (Å²) in [5, 5.41) is 19.0. The highest BCUT2D eigenvalue weighted by molar-refractivity contribution is 8.00. The van der Waals surface area contributed by atoms with Crippen LogP contribution in [0, 0.1) is 0 Å². The Labute approximate surface area is 102 Å². The molecule has 0 saturated carbocycles. The summed E-state index contributed by atoms with van der Waals surface area (Å²) < 4.78 is 0. The maximum Gasteiger partial charge on any atom is 0.0684 e. The summed E-state index contributed by atoms with van der Waals surface area (Å²) in [4.78, 5) is 1.18. The molecule has 2 atom stereocenters. The molecule has 2 N–H and O–H groups in total. The number of aliphatic hydroxyl groups excluding tert-OH is 2. The molecule has 0 aliphatic heterocycles. The summed E-state index contributed by atoms with van der Waals surface area (Å²) >= 11 is 1.70. The van der Waals surface area contributed by atoms with Crippen molar-refractivity contribution in [3.63, 3.8) is 0 Å². The number of hydrogen-bond acceptors (Lipinski definition) is 3. The molecule has 16 heavy (non-hydrogen) atoms. The molecule has 0 fully saturated rings. The second-order valence-corrected chi connectivity index (χ2v) is 5.15. The van der Waals surface area contributed by atoms with E-state index in [2.05, 4.69) is 19.1 Å². The quantitative estimate of drug-likeness (QED) is 0.720. The second kappa shape index (κ2) is 7.71. The average Bonchev–Trinajstić information content (AvgIpc) is 2.30. The molecule has 3 heteroatoms. The van der Waals surface area contributed by atoms with Gasteiger partial charge in [-0.2, -0.15) is 0 Å². The highest BCUT2D eigenvalue weighted by Gasteiger charge is 2.18. The molecule has 90 valence electrons. The fraction of sp³-hybridized carbons (Fsp3) is 0.538. The van der Waals surface area contributed by atoms with E-state index in [1.54, 1.807) is 11.8 Å². The van der Waals surface area contributed by atoms with Crippen LogP contribution in [0.5, 0.6) is 0 Å². The predicted octanol–water partition coefficient (Wildman–Crippen LogP) is 2.69. The first-order valence-electron chi connectivity index (χ1n) is 5.78. The van der Waals surface area contributed by atoms with Crippen LogP contribution in [-0.4, -0.2) is 28.2 Å². The van der Waals surface area contributed by atoms with Crippen molar-refractivity contribution >= 4 is 11.8 Å². The van der Waals surface area contributed by atoms with Gasteiger partial charge >= 0.3 is 0 Å². The topological polar surface area (TPSA) is 40.5 Å². The monoisotopic (exact) mass is 240 g/mol. The lowest BCUT2D eigenvalue weighted by molar-refractivity contribution is 0.128. The van der Waals surface area contributed by atoms with Crippen LogP contribution in [0.4, 0.5) is 0 Å². The van der Waals surface area contributed by atoms with E-state index in [1.165, 1.54) is 4.90 Å². The predicted molar refractivity (Wildman–Crippen MR) is 68.7 cm³/mol. The summed E-state index contributed by atoms with van der Waals surface area (Å²) in [6.45, 7) is 2.17. The molecular weight excluding hydrogens is 220 g/mol. The van der Waals surface area contributed by atoms with Gasteiger partial charge in [0.2, 0.25) is 0 Å². The van der Waals surface area contributed by atoms with E-state index in [0.29, 0.717) is 6.42 Å². The van der Waals surface area contributed by atoms with Gasteiger partial charge in [-0.3, -0.25) is 0 Å². The molecule has 0 bridgehead atoms. The number of benzene rings is 1. The molecule has 0 heterocycles. The standard InChI is InChI=1S/C13H20O2S/c1-2-6-13(12(15)9-10-14)16-11-7-4-3-5-8-11/h3-5,7-8,12-15H,2,6,9-10H2,1H3/t12-,13+/m1/s1. The van der Waals surface area contributed by atoms with Crippen LogP contribution >= 0.6 is 11.8 Å². The van der Waals surface area contributed by atoms with Crippen LogP contribution in [-0.2, 0) is 0 Å². The van der Waals surface area contributed by atoms with Crippen LogP contribution < -0.4 is 0 Å². The van der Waals surface area contributed by atoms with Crippen LogP contribution in [0.2, 0.25) is 0 Å². The van der Waals surface area contributed by atoms with Gasteiger partial charge in [0.15, 0.2) is 0 Å². The molecule has 1 aromatic carbocycles. The highest BCUT2D eigenvalue weighted by atomic mass is 32.2. The van der Waals surface area contributed by atoms with Crippen molar-refractivity contribution < 1.29 is 10.2 Å². The van der Waals surface area contributed by atoms with E-state index in [9.17, 15) is 5.11 Å². The van der Waals surface area contributed by atoms with Gasteiger partial charge in [-0.05, 0) is 25.0 Å². The van der Waals surface area contributed by atoms with E-state index in [4.69, 9.17) is 5.11 Å². The summed E-state index contributed by atoms with van der Waals surface area (Å²) in [6, 6.07) is 10.1. The van der Waals surface area contributed by atoms with Crippen molar-refractivity contribution in [1.82, 2.24) is 0 Å². The molecule has 0 spiro atoms. The summed E-state index contributed by atoms with van der Waals surface area (Å²) in [5.41, 5.74) is 0. The first-order chi connectivity index (χ1) is 7.77. The van der Waals surface area contributed by atoms with Crippen molar-refractivity contribution in [2.45, 2.75) is 42.4 Å². The van der Waals surface area contributed by atoms with E-state index < -0.39 is 6.10 Å². The van der Waals surface area contributed by atoms with Gasteiger partial charge in [-0.15, -0.1) is 11.8 Å². The van der Waals surface area contributed by atoms with Gasteiger partial charge in [0, 0.05) is 16.8 Å². The van der Waals surface area contributed by atoms with Crippen molar-refractivity contribution in [2.75, 3.05) is 6.61 Å². The molecule has 0 saturated heterocycles. The summed E-state index contributed by atoms with van der Waals surface area (Å²) in [7, 11) is 0. The number of hydrogen-bond donors (Lipinski definition) is 2. The second-order valence-electron chi connectivity index (χ2n) is 3.84. The van der Waals surface area contributed by atoms with E-state index in [1.807, 2.05) is 18.2 Å². The number of thioether (sulfide) groups is 1. The van der Waals surface area contributed by atoms with E-state index in [-0.39, 0.29) is 11.9 Å². The first kappa shape index (κ1) is 13.6. The van der Waals surface area contributed by atoms with Crippen LogP contribution in [0.1, 0.15) is 26.2 Å². The van der Waals surface area contributed by atoms with Crippen molar-refractivity contribution in [1.29, 1.82) is 0 Å². The molecule has 0 aliphatic carbocycles. The lowest BCUT2D eigenvalue weighted by Crippen LogP contribution is -2.24. The lowest BCUT2D eigenvalue weighted by Gasteiger charge is -2.21. The molecule has 0 unspecified atom stereocenters. The highest BCUT2D eigenvalue weighted by Crippen LogP contribution is 2.29. The average molecular weight is 240 g/mol. The van der Waals surface area contributed by atoms with Crippen LogP contribution in [0.3, 0.4) is 0 Å².